The maximum atomic E-state index is 9.86. The molecule has 0 radical (unpaired) electrons. The number of rotatable bonds is 7. The molecule has 0 amide bonds. The molecule has 1 aromatic rings. The van der Waals surface area contributed by atoms with Gasteiger partial charge in [-0.25, -0.2) is 0 Å². The molecule has 2 atom stereocenters. The Kier molecular flexibility index (Phi) is 6.52. The van der Waals surface area contributed by atoms with Crippen LogP contribution in [0.4, 0.5) is 0 Å². The molecule has 0 saturated heterocycles. The van der Waals surface area contributed by atoms with Crippen molar-refractivity contribution in [2.24, 2.45) is 0 Å². The van der Waals surface area contributed by atoms with Crippen LogP contribution < -0.4 is 5.32 Å². The van der Waals surface area contributed by atoms with Gasteiger partial charge in [0.25, 0.3) is 0 Å². The van der Waals surface area contributed by atoms with E-state index in [1.54, 1.807) is 19.1 Å². The highest BCUT2D eigenvalue weighted by Crippen LogP contribution is 2.15. The normalized spacial score (nSPS) is 14.6. The third-order valence-electron chi connectivity index (χ3n) is 2.57. The maximum Gasteiger partial charge on any atom is 0.0914 e. The summed E-state index contributed by atoms with van der Waals surface area (Å²) < 4.78 is 0. The molecule has 0 aliphatic heterocycles. The summed E-state index contributed by atoms with van der Waals surface area (Å²) in [5.74, 6) is 0. The summed E-state index contributed by atoms with van der Waals surface area (Å²) in [6, 6.07) is 7.19. The van der Waals surface area contributed by atoms with Gasteiger partial charge in [-0.05, 0) is 44.0 Å². The number of nitrogens with one attached hydrogen (secondary N) is 1. The third-order valence-corrected chi connectivity index (χ3v) is 2.82. The predicted octanol–water partition coefficient (Wildman–Crippen LogP) is 2.12. The second-order valence-electron chi connectivity index (χ2n) is 4.26. The van der Waals surface area contributed by atoms with Gasteiger partial charge in [-0.15, -0.1) is 0 Å². The Morgan fingerprint density at radius 2 is 1.88 bits per heavy atom. The van der Waals surface area contributed by atoms with Crippen molar-refractivity contribution in [3.8, 4) is 0 Å². The minimum atomic E-state index is -0.515. The quantitative estimate of drug-likeness (QED) is 0.656. The van der Waals surface area contributed by atoms with Gasteiger partial charge >= 0.3 is 0 Å². The zero-order valence-electron chi connectivity index (χ0n) is 10.1. The van der Waals surface area contributed by atoms with Gasteiger partial charge in [-0.3, -0.25) is 0 Å². The van der Waals surface area contributed by atoms with Crippen LogP contribution in [0, 0.1) is 0 Å². The number of aliphatic hydroxyl groups is 2. The van der Waals surface area contributed by atoms with Crippen LogP contribution in [-0.2, 0) is 0 Å². The first-order chi connectivity index (χ1) is 8.09. The van der Waals surface area contributed by atoms with Crippen molar-refractivity contribution in [3.63, 3.8) is 0 Å². The second-order valence-corrected chi connectivity index (χ2v) is 4.70. The van der Waals surface area contributed by atoms with Gasteiger partial charge in [0.1, 0.15) is 0 Å². The van der Waals surface area contributed by atoms with Crippen molar-refractivity contribution in [3.05, 3.63) is 34.9 Å². The molecule has 17 heavy (non-hydrogen) atoms. The molecule has 4 heteroatoms. The Bertz CT molecular complexity index is 314. The van der Waals surface area contributed by atoms with Crippen molar-refractivity contribution < 1.29 is 10.2 Å². The molecule has 0 heterocycles. The predicted molar refractivity (Wildman–Crippen MR) is 70.2 cm³/mol. The van der Waals surface area contributed by atoms with E-state index in [0.29, 0.717) is 11.6 Å². The van der Waals surface area contributed by atoms with Crippen molar-refractivity contribution in [2.45, 2.75) is 32.0 Å². The lowest BCUT2D eigenvalue weighted by Gasteiger charge is -2.12. The highest BCUT2D eigenvalue weighted by Gasteiger charge is 2.06. The summed E-state index contributed by atoms with van der Waals surface area (Å²) in [5, 5.41) is 22.8. The first kappa shape index (κ1) is 14.5. The maximum absolute atomic E-state index is 9.86. The lowest BCUT2D eigenvalue weighted by molar-refractivity contribution is 0.168. The van der Waals surface area contributed by atoms with Crippen LogP contribution >= 0.6 is 11.6 Å². The minimum absolute atomic E-state index is 0.252. The van der Waals surface area contributed by atoms with Crippen LogP contribution in [0.1, 0.15) is 31.4 Å². The molecule has 0 saturated carbocycles. The van der Waals surface area contributed by atoms with Crippen LogP contribution in [0.15, 0.2) is 24.3 Å². The fraction of sp³-hybridized carbons (Fsp3) is 0.538. The molecule has 2 unspecified atom stereocenters. The average Bonchev–Trinajstić information content (AvgIpc) is 2.29. The molecule has 96 valence electrons. The van der Waals surface area contributed by atoms with E-state index in [0.717, 1.165) is 24.9 Å². The van der Waals surface area contributed by atoms with E-state index in [2.05, 4.69) is 5.32 Å². The Hall–Kier alpha value is -0.610. The van der Waals surface area contributed by atoms with Crippen molar-refractivity contribution in [1.82, 2.24) is 5.32 Å². The molecule has 0 spiro atoms. The standard InChI is InChI=1S/C13H20ClNO2/c1-10(16)3-2-8-15-9-13(17)11-4-6-12(14)7-5-11/h4-7,10,13,15-17H,2-3,8-9H2,1H3. The van der Waals surface area contributed by atoms with Crippen LogP contribution in [0.3, 0.4) is 0 Å². The van der Waals surface area contributed by atoms with Crippen LogP contribution in [0.25, 0.3) is 0 Å². The first-order valence-electron chi connectivity index (χ1n) is 5.92. The summed E-state index contributed by atoms with van der Waals surface area (Å²) in [6.07, 6.45) is 0.923. The molecule has 0 bridgehead atoms. The smallest absolute Gasteiger partial charge is 0.0914 e. The van der Waals surface area contributed by atoms with E-state index in [1.807, 2.05) is 12.1 Å². The van der Waals surface area contributed by atoms with Crippen molar-refractivity contribution >= 4 is 11.6 Å². The van der Waals surface area contributed by atoms with Crippen LogP contribution in [0.2, 0.25) is 5.02 Å². The molecule has 0 aromatic heterocycles. The highest BCUT2D eigenvalue weighted by atomic mass is 35.5. The second kappa shape index (κ2) is 7.67. The summed E-state index contributed by atoms with van der Waals surface area (Å²) in [4.78, 5) is 0. The topological polar surface area (TPSA) is 52.5 Å². The zero-order valence-corrected chi connectivity index (χ0v) is 10.8. The monoisotopic (exact) mass is 257 g/mol. The Balaban J connectivity index is 2.21. The molecular formula is C13H20ClNO2. The Morgan fingerprint density at radius 1 is 1.24 bits per heavy atom. The van der Waals surface area contributed by atoms with Crippen molar-refractivity contribution in [1.29, 1.82) is 0 Å². The summed E-state index contributed by atoms with van der Waals surface area (Å²) >= 11 is 5.77. The number of halogens is 1. The van der Waals surface area contributed by atoms with Gasteiger partial charge in [0, 0.05) is 11.6 Å². The van der Waals surface area contributed by atoms with E-state index >= 15 is 0 Å². The van der Waals surface area contributed by atoms with Crippen LogP contribution in [-0.4, -0.2) is 29.4 Å². The van der Waals surface area contributed by atoms with Crippen LogP contribution in [0.5, 0.6) is 0 Å². The number of benzene rings is 1. The molecular weight excluding hydrogens is 238 g/mol. The van der Waals surface area contributed by atoms with Gasteiger partial charge in [0.05, 0.1) is 12.2 Å². The number of hydrogen-bond donors (Lipinski definition) is 3. The fourth-order valence-electron chi connectivity index (χ4n) is 1.56. The molecule has 0 aliphatic carbocycles. The highest BCUT2D eigenvalue weighted by molar-refractivity contribution is 6.30. The Labute approximate surface area is 107 Å². The molecule has 3 nitrogen and oxygen atoms in total. The van der Waals surface area contributed by atoms with Gasteiger partial charge in [-0.1, -0.05) is 23.7 Å². The van der Waals surface area contributed by atoms with Crippen molar-refractivity contribution in [2.75, 3.05) is 13.1 Å². The molecule has 1 aromatic carbocycles. The SMILES string of the molecule is CC(O)CCCNCC(O)c1ccc(Cl)cc1. The lowest BCUT2D eigenvalue weighted by atomic mass is 10.1. The summed E-state index contributed by atoms with van der Waals surface area (Å²) in [7, 11) is 0. The van der Waals surface area contributed by atoms with E-state index in [-0.39, 0.29) is 6.10 Å². The Morgan fingerprint density at radius 3 is 2.47 bits per heavy atom. The number of hydrogen-bond acceptors (Lipinski definition) is 3. The van der Waals surface area contributed by atoms with Gasteiger partial charge in [0.15, 0.2) is 0 Å². The van der Waals surface area contributed by atoms with E-state index in [9.17, 15) is 5.11 Å². The van der Waals surface area contributed by atoms with E-state index in [1.165, 1.54) is 0 Å². The fourth-order valence-corrected chi connectivity index (χ4v) is 1.69. The van der Waals surface area contributed by atoms with Gasteiger partial charge in [0.2, 0.25) is 0 Å². The molecule has 1 rings (SSSR count). The average molecular weight is 258 g/mol. The van der Waals surface area contributed by atoms with Gasteiger partial charge in [-0.2, -0.15) is 0 Å². The molecule has 3 N–H and O–H groups in total. The summed E-state index contributed by atoms with van der Waals surface area (Å²) in [6.45, 7) is 3.10. The molecule has 0 fully saturated rings. The zero-order chi connectivity index (χ0) is 12.7. The lowest BCUT2D eigenvalue weighted by Crippen LogP contribution is -2.23. The summed E-state index contributed by atoms with van der Waals surface area (Å²) in [5.41, 5.74) is 0.859. The molecule has 0 aliphatic rings. The van der Waals surface area contributed by atoms with Gasteiger partial charge < -0.3 is 15.5 Å². The van der Waals surface area contributed by atoms with E-state index in [4.69, 9.17) is 16.7 Å². The first-order valence-corrected chi connectivity index (χ1v) is 6.29. The largest absolute Gasteiger partial charge is 0.393 e. The van der Waals surface area contributed by atoms with E-state index < -0.39 is 6.10 Å². The minimum Gasteiger partial charge on any atom is -0.393 e. The third kappa shape index (κ3) is 6.03. The number of aliphatic hydroxyl groups excluding tert-OH is 2.